The van der Waals surface area contributed by atoms with Crippen LogP contribution in [0.25, 0.3) is 0 Å². The molecule has 1 aliphatic rings. The smallest absolute Gasteiger partial charge is 0.373 e. The second kappa shape index (κ2) is 4.86. The van der Waals surface area contributed by atoms with Gasteiger partial charge in [-0.3, -0.25) is 0 Å². The summed E-state index contributed by atoms with van der Waals surface area (Å²) in [4.78, 5) is 0. The second-order valence-corrected chi connectivity index (χ2v) is 4.42. The van der Waals surface area contributed by atoms with Crippen LogP contribution < -0.4 is 0 Å². The van der Waals surface area contributed by atoms with E-state index in [0.717, 1.165) is 24.1 Å². The van der Waals surface area contributed by atoms with Crippen molar-refractivity contribution in [2.24, 2.45) is 5.92 Å². The minimum Gasteiger partial charge on any atom is -0.373 e. The SMILES string of the molecule is FC(F)(F)c1ccc(C2OCCC2CCl)cc1. The molecule has 0 aromatic heterocycles. The number of hydrogen-bond acceptors (Lipinski definition) is 1. The highest BCUT2D eigenvalue weighted by molar-refractivity contribution is 6.18. The van der Waals surface area contributed by atoms with Crippen LogP contribution in [0.3, 0.4) is 0 Å². The Bertz CT molecular complexity index is 374. The zero-order chi connectivity index (χ0) is 12.5. The quantitative estimate of drug-likeness (QED) is 0.733. The van der Waals surface area contributed by atoms with Gasteiger partial charge < -0.3 is 4.74 Å². The molecular weight excluding hydrogens is 253 g/mol. The van der Waals surface area contributed by atoms with E-state index in [0.29, 0.717) is 12.5 Å². The van der Waals surface area contributed by atoms with Crippen molar-refractivity contribution in [2.75, 3.05) is 12.5 Å². The fourth-order valence-corrected chi connectivity index (χ4v) is 2.34. The molecule has 0 bridgehead atoms. The molecule has 0 aliphatic carbocycles. The van der Waals surface area contributed by atoms with Crippen molar-refractivity contribution >= 4 is 11.6 Å². The summed E-state index contributed by atoms with van der Waals surface area (Å²) in [7, 11) is 0. The highest BCUT2D eigenvalue weighted by Gasteiger charge is 2.32. The van der Waals surface area contributed by atoms with Gasteiger partial charge in [-0.2, -0.15) is 13.2 Å². The van der Waals surface area contributed by atoms with Crippen molar-refractivity contribution in [3.8, 4) is 0 Å². The van der Waals surface area contributed by atoms with Crippen molar-refractivity contribution in [1.82, 2.24) is 0 Å². The normalized spacial score (nSPS) is 25.2. The lowest BCUT2D eigenvalue weighted by molar-refractivity contribution is -0.137. The zero-order valence-corrected chi connectivity index (χ0v) is 9.76. The largest absolute Gasteiger partial charge is 0.416 e. The molecule has 94 valence electrons. The molecule has 0 saturated carbocycles. The molecule has 1 aromatic carbocycles. The number of alkyl halides is 4. The summed E-state index contributed by atoms with van der Waals surface area (Å²) < 4.78 is 42.7. The van der Waals surface area contributed by atoms with Gasteiger partial charge in [-0.15, -0.1) is 11.6 Å². The average molecular weight is 265 g/mol. The number of hydrogen-bond donors (Lipinski definition) is 0. The van der Waals surface area contributed by atoms with Gasteiger partial charge in [0, 0.05) is 18.4 Å². The molecule has 5 heteroatoms. The first kappa shape index (κ1) is 12.7. The predicted molar refractivity (Wildman–Crippen MR) is 59.0 cm³/mol. The van der Waals surface area contributed by atoms with Gasteiger partial charge in [0.25, 0.3) is 0 Å². The van der Waals surface area contributed by atoms with Crippen LogP contribution in [-0.4, -0.2) is 12.5 Å². The third kappa shape index (κ3) is 2.75. The van der Waals surface area contributed by atoms with E-state index in [1.54, 1.807) is 0 Å². The zero-order valence-electron chi connectivity index (χ0n) is 9.01. The van der Waals surface area contributed by atoms with Crippen molar-refractivity contribution < 1.29 is 17.9 Å². The van der Waals surface area contributed by atoms with Gasteiger partial charge in [-0.1, -0.05) is 12.1 Å². The monoisotopic (exact) mass is 264 g/mol. The lowest BCUT2D eigenvalue weighted by Gasteiger charge is -2.17. The van der Waals surface area contributed by atoms with E-state index in [-0.39, 0.29) is 12.0 Å². The number of rotatable bonds is 2. The minimum absolute atomic E-state index is 0.171. The van der Waals surface area contributed by atoms with Gasteiger partial charge in [0.2, 0.25) is 0 Å². The molecule has 0 amide bonds. The van der Waals surface area contributed by atoms with Crippen LogP contribution in [0.5, 0.6) is 0 Å². The minimum atomic E-state index is -4.29. The summed E-state index contributed by atoms with van der Waals surface area (Å²) >= 11 is 5.80. The van der Waals surface area contributed by atoms with Gasteiger partial charge in [-0.25, -0.2) is 0 Å². The Kier molecular flexibility index (Phi) is 3.64. The molecule has 1 nitrogen and oxygen atoms in total. The molecule has 1 saturated heterocycles. The summed E-state index contributed by atoms with van der Waals surface area (Å²) in [5.41, 5.74) is 0.128. The Morgan fingerprint density at radius 2 is 1.88 bits per heavy atom. The van der Waals surface area contributed by atoms with Crippen LogP contribution in [-0.2, 0) is 10.9 Å². The molecule has 2 rings (SSSR count). The Morgan fingerprint density at radius 1 is 1.24 bits per heavy atom. The summed E-state index contributed by atoms with van der Waals surface area (Å²) in [5, 5.41) is 0. The van der Waals surface area contributed by atoms with Gasteiger partial charge in [0.05, 0.1) is 11.7 Å². The maximum atomic E-state index is 12.4. The molecule has 1 aliphatic heterocycles. The fraction of sp³-hybridized carbons (Fsp3) is 0.500. The van der Waals surface area contributed by atoms with E-state index in [4.69, 9.17) is 16.3 Å². The standard InChI is InChI=1S/C12H12ClF3O/c13-7-9-5-6-17-11(9)8-1-3-10(4-2-8)12(14,15)16/h1-4,9,11H,5-7H2. The molecule has 2 unspecified atom stereocenters. The van der Waals surface area contributed by atoms with Crippen LogP contribution in [0.4, 0.5) is 13.2 Å². The van der Waals surface area contributed by atoms with Gasteiger partial charge in [0.1, 0.15) is 0 Å². The third-order valence-electron chi connectivity index (χ3n) is 2.98. The van der Waals surface area contributed by atoms with Crippen LogP contribution in [0.2, 0.25) is 0 Å². The number of halogens is 4. The number of benzene rings is 1. The second-order valence-electron chi connectivity index (χ2n) is 4.11. The Balaban J connectivity index is 2.18. The maximum absolute atomic E-state index is 12.4. The van der Waals surface area contributed by atoms with E-state index in [9.17, 15) is 13.2 Å². The molecule has 1 aromatic rings. The van der Waals surface area contributed by atoms with Gasteiger partial charge in [0.15, 0.2) is 0 Å². The van der Waals surface area contributed by atoms with E-state index < -0.39 is 11.7 Å². The molecule has 1 heterocycles. The Hall–Kier alpha value is -0.740. The first-order valence-corrected chi connectivity index (χ1v) is 5.90. The average Bonchev–Trinajstić information content (AvgIpc) is 2.76. The highest BCUT2D eigenvalue weighted by atomic mass is 35.5. The van der Waals surface area contributed by atoms with Crippen LogP contribution in [0.15, 0.2) is 24.3 Å². The van der Waals surface area contributed by atoms with Crippen LogP contribution in [0, 0.1) is 5.92 Å². The molecule has 0 N–H and O–H groups in total. The summed E-state index contributed by atoms with van der Waals surface area (Å²) in [6, 6.07) is 5.11. The van der Waals surface area contributed by atoms with Crippen molar-refractivity contribution in [3.05, 3.63) is 35.4 Å². The van der Waals surface area contributed by atoms with E-state index in [1.165, 1.54) is 12.1 Å². The van der Waals surface area contributed by atoms with Crippen LogP contribution >= 0.6 is 11.6 Å². The topological polar surface area (TPSA) is 9.23 Å². The van der Waals surface area contributed by atoms with Gasteiger partial charge in [-0.05, 0) is 24.1 Å². The Morgan fingerprint density at radius 3 is 2.41 bits per heavy atom. The van der Waals surface area contributed by atoms with Crippen molar-refractivity contribution in [3.63, 3.8) is 0 Å². The fourth-order valence-electron chi connectivity index (χ4n) is 2.02. The predicted octanol–water partition coefficient (Wildman–Crippen LogP) is 4.02. The first-order chi connectivity index (χ1) is 8.02. The molecule has 1 fully saturated rings. The third-order valence-corrected chi connectivity index (χ3v) is 3.38. The molecule has 0 radical (unpaired) electrons. The number of ether oxygens (including phenoxy) is 1. The highest BCUT2D eigenvalue weighted by Crippen LogP contribution is 2.36. The summed E-state index contributed by atoms with van der Waals surface area (Å²) in [6.45, 7) is 0.614. The first-order valence-electron chi connectivity index (χ1n) is 5.37. The van der Waals surface area contributed by atoms with E-state index >= 15 is 0 Å². The lowest BCUT2D eigenvalue weighted by Crippen LogP contribution is -2.10. The molecule has 17 heavy (non-hydrogen) atoms. The molecular formula is C12H12ClF3O. The maximum Gasteiger partial charge on any atom is 0.416 e. The van der Waals surface area contributed by atoms with Crippen molar-refractivity contribution in [1.29, 1.82) is 0 Å². The molecule has 2 atom stereocenters. The lowest BCUT2D eigenvalue weighted by atomic mass is 9.96. The summed E-state index contributed by atoms with van der Waals surface area (Å²) in [6.07, 6.45) is -3.61. The van der Waals surface area contributed by atoms with E-state index in [1.807, 2.05) is 0 Å². The van der Waals surface area contributed by atoms with E-state index in [2.05, 4.69) is 0 Å². The Labute approximate surface area is 103 Å². The van der Waals surface area contributed by atoms with Crippen LogP contribution in [0.1, 0.15) is 23.7 Å². The molecule has 0 spiro atoms. The van der Waals surface area contributed by atoms with Gasteiger partial charge >= 0.3 is 6.18 Å². The van der Waals surface area contributed by atoms with Crippen molar-refractivity contribution in [2.45, 2.75) is 18.7 Å². The summed E-state index contributed by atoms with van der Waals surface area (Å²) in [5.74, 6) is 0.652.